The van der Waals surface area contributed by atoms with Gasteiger partial charge >= 0.3 is 0 Å². The second kappa shape index (κ2) is 6.42. The van der Waals surface area contributed by atoms with Crippen LogP contribution in [-0.2, 0) is 0 Å². The molecule has 2 rings (SSSR count). The number of carbonyl (C=O) groups is 1. The molecule has 1 fully saturated rings. The molecule has 19 heavy (non-hydrogen) atoms. The van der Waals surface area contributed by atoms with Gasteiger partial charge in [-0.1, -0.05) is 35.7 Å². The summed E-state index contributed by atoms with van der Waals surface area (Å²) in [6, 6.07) is 5.37. The van der Waals surface area contributed by atoms with Crippen LogP contribution in [0.15, 0.2) is 22.7 Å². The lowest BCUT2D eigenvalue weighted by Gasteiger charge is -2.29. The quantitative estimate of drug-likeness (QED) is 0.894. The topological polar surface area (TPSA) is 40.5 Å². The summed E-state index contributed by atoms with van der Waals surface area (Å²) in [4.78, 5) is 14.5. The lowest BCUT2D eigenvalue weighted by Crippen LogP contribution is -2.39. The molecule has 0 radical (unpaired) electrons. The Hall–Kier alpha value is -1.03. The van der Waals surface area contributed by atoms with E-state index in [0.29, 0.717) is 11.6 Å². The van der Waals surface area contributed by atoms with E-state index in [4.69, 9.17) is 0 Å². The molecule has 1 saturated heterocycles. The van der Waals surface area contributed by atoms with Crippen LogP contribution in [0.25, 0.3) is 0 Å². The number of benzene rings is 1. The summed E-state index contributed by atoms with van der Waals surface area (Å²) in [5, 5.41) is 9.94. The fourth-order valence-electron chi connectivity index (χ4n) is 2.71. The van der Waals surface area contributed by atoms with E-state index in [0.717, 1.165) is 30.3 Å². The standard InChI is InChI=1S/C15H20BrNO2/c1-2-12-6-4-3-5-9-17(12)15(19)13-8-7-11(16)10-14(13)18/h7-8,10,12,18H,2-6,9H2,1H3. The van der Waals surface area contributed by atoms with E-state index in [2.05, 4.69) is 22.9 Å². The van der Waals surface area contributed by atoms with Crippen LogP contribution in [0.3, 0.4) is 0 Å². The Morgan fingerprint density at radius 1 is 1.42 bits per heavy atom. The minimum atomic E-state index is -0.0428. The van der Waals surface area contributed by atoms with Crippen molar-refractivity contribution in [1.82, 2.24) is 4.90 Å². The maximum absolute atomic E-state index is 12.6. The van der Waals surface area contributed by atoms with E-state index < -0.39 is 0 Å². The molecule has 0 aromatic heterocycles. The first-order chi connectivity index (χ1) is 9.13. The SMILES string of the molecule is CCC1CCCCCN1C(=O)c1ccc(Br)cc1O. The summed E-state index contributed by atoms with van der Waals surface area (Å²) in [5.41, 5.74) is 0.406. The molecule has 1 N–H and O–H groups in total. The lowest BCUT2D eigenvalue weighted by atomic mass is 10.1. The molecule has 1 aliphatic heterocycles. The van der Waals surface area contributed by atoms with Crippen LogP contribution in [0.1, 0.15) is 49.4 Å². The van der Waals surface area contributed by atoms with Gasteiger partial charge in [0.05, 0.1) is 5.56 Å². The first-order valence-electron chi connectivity index (χ1n) is 6.93. The van der Waals surface area contributed by atoms with Gasteiger partial charge in [-0.2, -0.15) is 0 Å². The average Bonchev–Trinajstić information content (AvgIpc) is 2.63. The Kier molecular flexibility index (Phi) is 4.86. The van der Waals surface area contributed by atoms with E-state index in [1.165, 1.54) is 12.8 Å². The van der Waals surface area contributed by atoms with Crippen LogP contribution in [-0.4, -0.2) is 28.5 Å². The Labute approximate surface area is 122 Å². The Balaban J connectivity index is 2.25. The van der Waals surface area contributed by atoms with Crippen molar-refractivity contribution in [3.63, 3.8) is 0 Å². The molecule has 104 valence electrons. The fourth-order valence-corrected chi connectivity index (χ4v) is 3.06. The number of phenolic OH excluding ortho intramolecular Hbond substituents is 1. The van der Waals surface area contributed by atoms with Crippen molar-refractivity contribution in [1.29, 1.82) is 0 Å². The van der Waals surface area contributed by atoms with Gasteiger partial charge < -0.3 is 10.0 Å². The maximum atomic E-state index is 12.6. The van der Waals surface area contributed by atoms with Gasteiger partial charge in [0.25, 0.3) is 5.91 Å². The van der Waals surface area contributed by atoms with E-state index in [1.807, 2.05) is 4.90 Å². The highest BCUT2D eigenvalue weighted by molar-refractivity contribution is 9.10. The van der Waals surface area contributed by atoms with Crippen molar-refractivity contribution in [3.8, 4) is 5.75 Å². The summed E-state index contributed by atoms with van der Waals surface area (Å²) in [7, 11) is 0. The smallest absolute Gasteiger partial charge is 0.257 e. The number of aromatic hydroxyl groups is 1. The number of likely N-dealkylation sites (tertiary alicyclic amines) is 1. The van der Waals surface area contributed by atoms with Crippen molar-refractivity contribution in [3.05, 3.63) is 28.2 Å². The normalized spacial score (nSPS) is 20.1. The van der Waals surface area contributed by atoms with Gasteiger partial charge in [-0.25, -0.2) is 0 Å². The third-order valence-electron chi connectivity index (χ3n) is 3.80. The van der Waals surface area contributed by atoms with Crippen molar-refractivity contribution in [2.45, 2.75) is 45.1 Å². The number of hydrogen-bond acceptors (Lipinski definition) is 2. The van der Waals surface area contributed by atoms with Crippen LogP contribution < -0.4 is 0 Å². The van der Waals surface area contributed by atoms with Crippen LogP contribution >= 0.6 is 15.9 Å². The summed E-state index contributed by atoms with van der Waals surface area (Å²) in [6.07, 6.45) is 5.48. The molecular weight excluding hydrogens is 306 g/mol. The third kappa shape index (κ3) is 3.30. The Morgan fingerprint density at radius 2 is 2.21 bits per heavy atom. The van der Waals surface area contributed by atoms with Gasteiger partial charge in [-0.3, -0.25) is 4.79 Å². The Morgan fingerprint density at radius 3 is 2.89 bits per heavy atom. The molecule has 0 saturated carbocycles. The second-order valence-corrected chi connectivity index (χ2v) is 5.99. The molecule has 1 atom stereocenters. The highest BCUT2D eigenvalue weighted by Crippen LogP contribution is 2.27. The summed E-state index contributed by atoms with van der Waals surface area (Å²) in [6.45, 7) is 2.92. The molecule has 0 bridgehead atoms. The molecule has 1 aliphatic rings. The number of rotatable bonds is 2. The minimum Gasteiger partial charge on any atom is -0.507 e. The first-order valence-corrected chi connectivity index (χ1v) is 7.72. The van der Waals surface area contributed by atoms with Gasteiger partial charge in [0, 0.05) is 17.1 Å². The molecule has 1 unspecified atom stereocenters. The molecule has 0 spiro atoms. The van der Waals surface area contributed by atoms with E-state index in [9.17, 15) is 9.90 Å². The second-order valence-electron chi connectivity index (χ2n) is 5.07. The summed E-state index contributed by atoms with van der Waals surface area (Å²) < 4.78 is 0.782. The minimum absolute atomic E-state index is 0.0428. The molecule has 1 aromatic carbocycles. The number of amides is 1. The number of carbonyl (C=O) groups excluding carboxylic acids is 1. The molecular formula is C15H20BrNO2. The highest BCUT2D eigenvalue weighted by atomic mass is 79.9. The van der Waals surface area contributed by atoms with Crippen molar-refractivity contribution in [2.24, 2.45) is 0 Å². The van der Waals surface area contributed by atoms with Crippen LogP contribution in [0, 0.1) is 0 Å². The van der Waals surface area contributed by atoms with Crippen molar-refractivity contribution in [2.75, 3.05) is 6.54 Å². The molecule has 3 nitrogen and oxygen atoms in total. The molecule has 0 aliphatic carbocycles. The zero-order valence-corrected chi connectivity index (χ0v) is 12.8. The predicted octanol–water partition coefficient (Wildman–Crippen LogP) is 3.95. The fraction of sp³-hybridized carbons (Fsp3) is 0.533. The highest BCUT2D eigenvalue weighted by Gasteiger charge is 2.26. The maximum Gasteiger partial charge on any atom is 0.257 e. The monoisotopic (exact) mass is 325 g/mol. The van der Waals surface area contributed by atoms with Gasteiger partial charge in [0.15, 0.2) is 0 Å². The zero-order valence-electron chi connectivity index (χ0n) is 11.2. The van der Waals surface area contributed by atoms with E-state index >= 15 is 0 Å². The molecule has 1 amide bonds. The van der Waals surface area contributed by atoms with Gasteiger partial charge in [0.2, 0.25) is 0 Å². The summed E-state index contributed by atoms with van der Waals surface area (Å²) >= 11 is 3.29. The lowest BCUT2D eigenvalue weighted by molar-refractivity contribution is 0.0675. The van der Waals surface area contributed by atoms with Crippen LogP contribution in [0.2, 0.25) is 0 Å². The summed E-state index contributed by atoms with van der Waals surface area (Å²) in [5.74, 6) is 0.0113. The molecule has 4 heteroatoms. The third-order valence-corrected chi connectivity index (χ3v) is 4.29. The van der Waals surface area contributed by atoms with Crippen molar-refractivity contribution < 1.29 is 9.90 Å². The number of nitrogens with zero attached hydrogens (tertiary/aromatic N) is 1. The predicted molar refractivity (Wildman–Crippen MR) is 79.4 cm³/mol. The van der Waals surface area contributed by atoms with E-state index in [-0.39, 0.29) is 11.7 Å². The number of hydrogen-bond donors (Lipinski definition) is 1. The van der Waals surface area contributed by atoms with Crippen LogP contribution in [0.5, 0.6) is 5.75 Å². The van der Waals surface area contributed by atoms with E-state index in [1.54, 1.807) is 18.2 Å². The van der Waals surface area contributed by atoms with Gasteiger partial charge in [-0.05, 0) is 37.5 Å². The first kappa shape index (κ1) is 14.4. The average molecular weight is 326 g/mol. The van der Waals surface area contributed by atoms with Crippen LogP contribution in [0.4, 0.5) is 0 Å². The van der Waals surface area contributed by atoms with Gasteiger partial charge in [0.1, 0.15) is 5.75 Å². The van der Waals surface area contributed by atoms with Gasteiger partial charge in [-0.15, -0.1) is 0 Å². The van der Waals surface area contributed by atoms with Crippen molar-refractivity contribution >= 4 is 21.8 Å². The number of phenols is 1. The largest absolute Gasteiger partial charge is 0.507 e. The molecule has 1 heterocycles. The number of halogens is 1. The zero-order chi connectivity index (χ0) is 13.8. The Bertz CT molecular complexity index is 461. The molecule has 1 aromatic rings.